The van der Waals surface area contributed by atoms with Gasteiger partial charge in [0.25, 0.3) is 0 Å². The molecular formula is C34H59N5O11. The highest BCUT2D eigenvalue weighted by molar-refractivity contribution is 6.00. The van der Waals surface area contributed by atoms with Crippen molar-refractivity contribution in [3.05, 3.63) is 0 Å². The number of aliphatic hydroxyl groups is 6. The number of nitrogens with two attached hydrogens (primary N) is 2. The maximum absolute atomic E-state index is 14.5. The maximum Gasteiger partial charge on any atom is 0.188 e. The Hall–Kier alpha value is -1.83. The molecule has 12 unspecified atom stereocenters. The minimum Gasteiger partial charge on any atom is -0.396 e. The molecule has 50 heavy (non-hydrogen) atoms. The van der Waals surface area contributed by atoms with Gasteiger partial charge in [0.1, 0.15) is 35.5 Å². The smallest absolute Gasteiger partial charge is 0.188 e. The Balaban J connectivity index is 1.37. The summed E-state index contributed by atoms with van der Waals surface area (Å²) >= 11 is 0. The van der Waals surface area contributed by atoms with Crippen molar-refractivity contribution in [2.45, 2.75) is 119 Å². The van der Waals surface area contributed by atoms with Crippen molar-refractivity contribution in [2.24, 2.45) is 57.9 Å². The lowest BCUT2D eigenvalue weighted by molar-refractivity contribution is -0.346. The summed E-state index contributed by atoms with van der Waals surface area (Å²) in [6, 6.07) is -0.514. The molecule has 0 aromatic rings. The largest absolute Gasteiger partial charge is 0.396 e. The van der Waals surface area contributed by atoms with Gasteiger partial charge < -0.3 is 67.0 Å². The fraction of sp³-hybridized carbons (Fsp3) is 0.912. The van der Waals surface area contributed by atoms with Crippen LogP contribution in [0.1, 0.15) is 58.3 Å². The van der Waals surface area contributed by atoms with Gasteiger partial charge in [0.15, 0.2) is 12.2 Å². The SMILES string of the molecule is CN=C(N)NC(CCO)C1C(C)CC2C(=O)C3CC(OC)CC(O[C@H]4O[C@H](CO)[C@](O)(CCC5CCNC(N)C5)[C@H](O)[C@H]4O)C3C(=O)C2C1O. The van der Waals surface area contributed by atoms with E-state index in [0.717, 1.165) is 13.0 Å². The van der Waals surface area contributed by atoms with Gasteiger partial charge in [-0.1, -0.05) is 6.92 Å². The number of ether oxygens (including phenoxy) is 3. The molecule has 0 spiro atoms. The number of ketones is 2. The summed E-state index contributed by atoms with van der Waals surface area (Å²) in [5, 5.41) is 72.4. The zero-order valence-electron chi connectivity index (χ0n) is 29.3. The predicted octanol–water partition coefficient (Wildman–Crippen LogP) is -2.67. The molecule has 2 aliphatic heterocycles. The summed E-state index contributed by atoms with van der Waals surface area (Å²) in [6.07, 6.45) is -6.20. The fourth-order valence-corrected chi connectivity index (χ4v) is 9.78. The van der Waals surface area contributed by atoms with Crippen LogP contribution in [0.2, 0.25) is 0 Å². The van der Waals surface area contributed by atoms with Crippen molar-refractivity contribution in [3.8, 4) is 0 Å². The number of aliphatic hydroxyl groups excluding tert-OH is 5. The first-order chi connectivity index (χ1) is 23.8. The number of guanidine groups is 1. The first kappa shape index (κ1) is 39.4. The molecule has 17 atom stereocenters. The quantitative estimate of drug-likeness (QED) is 0.0773. The first-order valence-electron chi connectivity index (χ1n) is 18.2. The number of Topliss-reactive ketones (excluding diaryl/α,β-unsaturated/α-hetero) is 2. The van der Waals surface area contributed by atoms with Crippen LogP contribution in [0, 0.1) is 41.4 Å². The molecule has 5 rings (SSSR count). The summed E-state index contributed by atoms with van der Waals surface area (Å²) in [7, 11) is 3.01. The Labute approximate surface area is 293 Å². The van der Waals surface area contributed by atoms with Crippen molar-refractivity contribution >= 4 is 17.5 Å². The Kier molecular flexibility index (Phi) is 13.0. The van der Waals surface area contributed by atoms with Crippen LogP contribution in [0.4, 0.5) is 0 Å². The van der Waals surface area contributed by atoms with Crippen LogP contribution in [-0.4, -0.2) is 143 Å². The second kappa shape index (κ2) is 16.5. The van der Waals surface area contributed by atoms with Gasteiger partial charge in [0.2, 0.25) is 0 Å². The second-order valence-corrected chi connectivity index (χ2v) is 15.3. The monoisotopic (exact) mass is 713 g/mol. The number of hydrogen-bond acceptors (Lipinski definition) is 14. The molecule has 0 aromatic carbocycles. The van der Waals surface area contributed by atoms with E-state index in [1.165, 1.54) is 14.2 Å². The molecule has 2 saturated heterocycles. The van der Waals surface area contributed by atoms with Gasteiger partial charge >= 0.3 is 0 Å². The van der Waals surface area contributed by atoms with Gasteiger partial charge in [0, 0.05) is 51.0 Å². The number of piperidine rings is 1. The number of carbonyl (C=O) groups is 2. The van der Waals surface area contributed by atoms with E-state index in [4.69, 9.17) is 25.7 Å². The topological polar surface area (TPSA) is 272 Å². The van der Waals surface area contributed by atoms with Gasteiger partial charge in [-0.2, -0.15) is 0 Å². The van der Waals surface area contributed by atoms with E-state index in [1.54, 1.807) is 0 Å². The van der Waals surface area contributed by atoms with Crippen molar-refractivity contribution in [3.63, 3.8) is 0 Å². The van der Waals surface area contributed by atoms with Gasteiger partial charge in [-0.15, -0.1) is 0 Å². The van der Waals surface area contributed by atoms with Gasteiger partial charge in [-0.05, 0) is 63.3 Å². The van der Waals surface area contributed by atoms with E-state index < -0.39 is 90.8 Å². The molecule has 16 nitrogen and oxygen atoms in total. The van der Waals surface area contributed by atoms with Crippen LogP contribution >= 0.6 is 0 Å². The minimum absolute atomic E-state index is 0.0376. The molecule has 16 heteroatoms. The summed E-state index contributed by atoms with van der Waals surface area (Å²) in [6.45, 7) is 1.76. The predicted molar refractivity (Wildman–Crippen MR) is 179 cm³/mol. The van der Waals surface area contributed by atoms with Gasteiger partial charge in [0.05, 0.1) is 42.9 Å². The third-order valence-electron chi connectivity index (χ3n) is 12.5. The van der Waals surface area contributed by atoms with Crippen molar-refractivity contribution in [1.82, 2.24) is 10.6 Å². The highest BCUT2D eigenvalue weighted by Crippen LogP contribution is 2.51. The zero-order valence-corrected chi connectivity index (χ0v) is 29.3. The number of nitrogens with zero attached hydrogens (tertiary/aromatic N) is 1. The van der Waals surface area contributed by atoms with Crippen LogP contribution in [0.3, 0.4) is 0 Å². The number of nitrogens with one attached hydrogen (secondary N) is 2. The number of aliphatic imine (C=N–C) groups is 1. The summed E-state index contributed by atoms with van der Waals surface area (Å²) in [4.78, 5) is 32.7. The highest BCUT2D eigenvalue weighted by Gasteiger charge is 2.62. The van der Waals surface area contributed by atoms with Crippen LogP contribution in [-0.2, 0) is 23.8 Å². The standard InChI is InChI=1S/C34H59N5O11/c1-15-10-18-26(28(43)24(15)20(6-9-40)39-33(36)37-2)29(44)25-19(27(18)42)12-17(48-3)13-21(25)49-32-30(45)31(46)34(47,22(14-41)50-32)7-4-16-5-8-38-23(35)11-16/h15-26,28,30-32,38,40-41,43,45-47H,4-14,35H2,1-3H3,(H3,36,37,39)/t15?,16?,17?,18?,19?,20?,21?,22-,23?,24?,25?,26?,28?,30-,31-,32+,34-/m1/s1. The lowest BCUT2D eigenvalue weighted by Gasteiger charge is -2.54. The summed E-state index contributed by atoms with van der Waals surface area (Å²) < 4.78 is 17.9. The number of rotatable bonds is 11. The maximum atomic E-state index is 14.5. The normalized spacial score (nSPS) is 46.2. The van der Waals surface area contributed by atoms with Crippen molar-refractivity contribution in [2.75, 3.05) is 33.9 Å². The molecule has 0 radical (unpaired) electrons. The molecule has 2 heterocycles. The molecule has 3 saturated carbocycles. The van der Waals surface area contributed by atoms with Gasteiger partial charge in [-0.3, -0.25) is 14.6 Å². The van der Waals surface area contributed by atoms with E-state index in [1.807, 2.05) is 6.92 Å². The number of fused-ring (bicyclic) bond motifs is 2. The van der Waals surface area contributed by atoms with Crippen LogP contribution in [0.15, 0.2) is 4.99 Å². The summed E-state index contributed by atoms with van der Waals surface area (Å²) in [5.41, 5.74) is 10.0. The first-order valence-corrected chi connectivity index (χ1v) is 18.2. The Bertz CT molecular complexity index is 1210. The minimum atomic E-state index is -1.99. The summed E-state index contributed by atoms with van der Waals surface area (Å²) in [5.74, 6) is -4.49. The Morgan fingerprint density at radius 2 is 1.82 bits per heavy atom. The molecule has 0 aromatic heterocycles. The third kappa shape index (κ3) is 7.62. The van der Waals surface area contributed by atoms with E-state index in [2.05, 4.69) is 15.6 Å². The van der Waals surface area contributed by atoms with Gasteiger partial charge in [-0.25, -0.2) is 0 Å². The average Bonchev–Trinajstić information content (AvgIpc) is 3.09. The van der Waals surface area contributed by atoms with Crippen molar-refractivity contribution in [1.29, 1.82) is 0 Å². The Morgan fingerprint density at radius 3 is 2.46 bits per heavy atom. The zero-order chi connectivity index (χ0) is 36.5. The lowest BCUT2D eigenvalue weighted by Crippen LogP contribution is -2.68. The molecule has 12 N–H and O–H groups in total. The number of methoxy groups -OCH3 is 1. The van der Waals surface area contributed by atoms with E-state index >= 15 is 0 Å². The number of carbonyl (C=O) groups excluding carboxylic acids is 2. The molecule has 5 fully saturated rings. The molecule has 0 amide bonds. The fourth-order valence-electron chi connectivity index (χ4n) is 9.78. The second-order valence-electron chi connectivity index (χ2n) is 15.3. The van der Waals surface area contributed by atoms with E-state index in [-0.39, 0.29) is 67.8 Å². The molecular weight excluding hydrogens is 654 g/mol. The highest BCUT2D eigenvalue weighted by atomic mass is 16.7. The third-order valence-corrected chi connectivity index (χ3v) is 12.5. The molecule has 286 valence electrons. The van der Waals surface area contributed by atoms with Crippen LogP contribution < -0.4 is 22.1 Å². The lowest BCUT2D eigenvalue weighted by atomic mass is 9.53. The Morgan fingerprint density at radius 1 is 1.10 bits per heavy atom. The number of hydrogen-bond donors (Lipinski definition) is 10. The molecule has 0 bridgehead atoms. The van der Waals surface area contributed by atoms with Crippen LogP contribution in [0.25, 0.3) is 0 Å². The van der Waals surface area contributed by atoms with Crippen LogP contribution in [0.5, 0.6) is 0 Å². The average molecular weight is 714 g/mol. The van der Waals surface area contributed by atoms with E-state index in [0.29, 0.717) is 19.3 Å². The molecule has 3 aliphatic carbocycles. The van der Waals surface area contributed by atoms with E-state index in [9.17, 15) is 40.2 Å². The molecule has 5 aliphatic rings. The van der Waals surface area contributed by atoms with Crippen molar-refractivity contribution < 1.29 is 54.4 Å².